The van der Waals surface area contributed by atoms with Crippen molar-refractivity contribution in [3.8, 4) is 5.75 Å². The lowest BCUT2D eigenvalue weighted by atomic mass is 9.85. The summed E-state index contributed by atoms with van der Waals surface area (Å²) < 4.78 is 6.08. The average molecular weight is 247 g/mol. The van der Waals surface area contributed by atoms with Crippen LogP contribution in [0.5, 0.6) is 5.75 Å². The van der Waals surface area contributed by atoms with Crippen LogP contribution in [0.15, 0.2) is 24.3 Å². The van der Waals surface area contributed by atoms with E-state index in [4.69, 9.17) is 10.5 Å². The van der Waals surface area contributed by atoms with Gasteiger partial charge in [-0.25, -0.2) is 0 Å². The zero-order valence-electron chi connectivity index (χ0n) is 11.6. The van der Waals surface area contributed by atoms with E-state index in [0.717, 1.165) is 17.2 Å². The van der Waals surface area contributed by atoms with Crippen molar-refractivity contribution in [2.24, 2.45) is 11.7 Å². The standard InChI is InChI=1S/C16H25NO/c1-3-13-5-4-6-16(11-13)18-15-9-7-14(8-10-15)12(2)17/h7-10,12-13,16H,3-6,11,17H2,1-2H3. The van der Waals surface area contributed by atoms with Gasteiger partial charge in [0.15, 0.2) is 0 Å². The molecule has 0 heterocycles. The third-order valence-electron chi connectivity index (χ3n) is 4.02. The van der Waals surface area contributed by atoms with Crippen LogP contribution >= 0.6 is 0 Å². The van der Waals surface area contributed by atoms with Crippen molar-refractivity contribution < 1.29 is 4.74 Å². The van der Waals surface area contributed by atoms with Crippen molar-refractivity contribution in [2.45, 2.75) is 58.1 Å². The third-order valence-corrected chi connectivity index (χ3v) is 4.02. The maximum atomic E-state index is 6.08. The summed E-state index contributed by atoms with van der Waals surface area (Å²) in [6.07, 6.45) is 6.78. The first-order chi connectivity index (χ1) is 8.69. The van der Waals surface area contributed by atoms with Crippen molar-refractivity contribution in [2.75, 3.05) is 0 Å². The Kier molecular flexibility index (Phi) is 4.65. The summed E-state index contributed by atoms with van der Waals surface area (Å²) in [5, 5.41) is 0. The van der Waals surface area contributed by atoms with Gasteiger partial charge in [-0.15, -0.1) is 0 Å². The van der Waals surface area contributed by atoms with Crippen LogP contribution in [0.1, 0.15) is 57.6 Å². The summed E-state index contributed by atoms with van der Waals surface area (Å²) in [6.45, 7) is 4.29. The Hall–Kier alpha value is -1.02. The molecule has 2 nitrogen and oxygen atoms in total. The van der Waals surface area contributed by atoms with E-state index >= 15 is 0 Å². The monoisotopic (exact) mass is 247 g/mol. The molecule has 0 spiro atoms. The lowest BCUT2D eigenvalue weighted by molar-refractivity contribution is 0.122. The second-order valence-corrected chi connectivity index (χ2v) is 5.54. The topological polar surface area (TPSA) is 35.2 Å². The third kappa shape index (κ3) is 3.49. The molecule has 1 fully saturated rings. The van der Waals surface area contributed by atoms with Gasteiger partial charge in [0.05, 0.1) is 6.10 Å². The smallest absolute Gasteiger partial charge is 0.119 e. The van der Waals surface area contributed by atoms with Crippen LogP contribution in [0.4, 0.5) is 0 Å². The molecule has 1 saturated carbocycles. The van der Waals surface area contributed by atoms with Gasteiger partial charge < -0.3 is 10.5 Å². The Bertz CT molecular complexity index is 358. The zero-order chi connectivity index (χ0) is 13.0. The van der Waals surface area contributed by atoms with Gasteiger partial charge in [-0.2, -0.15) is 0 Å². The molecule has 0 saturated heterocycles. The molecule has 100 valence electrons. The molecule has 0 radical (unpaired) electrons. The molecule has 1 aromatic carbocycles. The summed E-state index contributed by atoms with van der Waals surface area (Å²) >= 11 is 0. The van der Waals surface area contributed by atoms with E-state index in [-0.39, 0.29) is 6.04 Å². The van der Waals surface area contributed by atoms with Gasteiger partial charge in [0, 0.05) is 6.04 Å². The highest BCUT2D eigenvalue weighted by atomic mass is 16.5. The van der Waals surface area contributed by atoms with Gasteiger partial charge in [-0.3, -0.25) is 0 Å². The van der Waals surface area contributed by atoms with E-state index in [1.807, 2.05) is 19.1 Å². The lowest BCUT2D eigenvalue weighted by Gasteiger charge is -2.29. The second-order valence-electron chi connectivity index (χ2n) is 5.54. The molecule has 2 N–H and O–H groups in total. The molecule has 2 heteroatoms. The Balaban J connectivity index is 1.92. The van der Waals surface area contributed by atoms with E-state index in [9.17, 15) is 0 Å². The van der Waals surface area contributed by atoms with Crippen molar-refractivity contribution >= 4 is 0 Å². The predicted octanol–water partition coefficient (Wildman–Crippen LogP) is 4.05. The maximum Gasteiger partial charge on any atom is 0.119 e. The summed E-state index contributed by atoms with van der Waals surface area (Å²) in [6, 6.07) is 8.33. The number of ether oxygens (including phenoxy) is 1. The quantitative estimate of drug-likeness (QED) is 0.871. The van der Waals surface area contributed by atoms with Crippen molar-refractivity contribution in [1.29, 1.82) is 0 Å². The minimum atomic E-state index is 0.0956. The second kappa shape index (κ2) is 6.24. The molecule has 0 aromatic heterocycles. The first-order valence-corrected chi connectivity index (χ1v) is 7.21. The Morgan fingerprint density at radius 1 is 1.28 bits per heavy atom. The first kappa shape index (κ1) is 13.4. The Morgan fingerprint density at radius 3 is 2.61 bits per heavy atom. The van der Waals surface area contributed by atoms with E-state index in [2.05, 4.69) is 19.1 Å². The van der Waals surface area contributed by atoms with Crippen molar-refractivity contribution in [3.63, 3.8) is 0 Å². The molecule has 1 aliphatic carbocycles. The molecule has 1 aliphatic rings. The molecule has 3 atom stereocenters. The van der Waals surface area contributed by atoms with Crippen molar-refractivity contribution in [1.82, 2.24) is 0 Å². The summed E-state index contributed by atoms with van der Waals surface area (Å²) in [5.41, 5.74) is 7.01. The largest absolute Gasteiger partial charge is 0.490 e. The molecular weight excluding hydrogens is 222 g/mol. The SMILES string of the molecule is CCC1CCCC(Oc2ccc(C(C)N)cc2)C1. The van der Waals surface area contributed by atoms with Gasteiger partial charge in [0.1, 0.15) is 5.75 Å². The summed E-state index contributed by atoms with van der Waals surface area (Å²) in [7, 11) is 0. The summed E-state index contributed by atoms with van der Waals surface area (Å²) in [5.74, 6) is 1.84. The molecule has 0 amide bonds. The molecule has 1 aromatic rings. The van der Waals surface area contributed by atoms with Gasteiger partial charge in [-0.05, 0) is 49.8 Å². The van der Waals surface area contributed by atoms with E-state index in [1.54, 1.807) is 0 Å². The maximum absolute atomic E-state index is 6.08. The van der Waals surface area contributed by atoms with Crippen LogP contribution < -0.4 is 10.5 Å². The first-order valence-electron chi connectivity index (χ1n) is 7.21. The zero-order valence-corrected chi connectivity index (χ0v) is 11.6. The van der Waals surface area contributed by atoms with Gasteiger partial charge >= 0.3 is 0 Å². The number of hydrogen-bond acceptors (Lipinski definition) is 2. The normalized spacial score (nSPS) is 25.7. The lowest BCUT2D eigenvalue weighted by Crippen LogP contribution is -2.25. The highest BCUT2D eigenvalue weighted by Crippen LogP contribution is 2.29. The van der Waals surface area contributed by atoms with E-state index in [1.165, 1.54) is 32.1 Å². The molecule has 2 rings (SSSR count). The van der Waals surface area contributed by atoms with Gasteiger partial charge in [0.2, 0.25) is 0 Å². The fourth-order valence-electron chi connectivity index (χ4n) is 2.76. The molecule has 18 heavy (non-hydrogen) atoms. The Labute approximate surface area is 111 Å². The van der Waals surface area contributed by atoms with Crippen LogP contribution in [0.3, 0.4) is 0 Å². The van der Waals surface area contributed by atoms with E-state index in [0.29, 0.717) is 6.10 Å². The summed E-state index contributed by atoms with van der Waals surface area (Å²) in [4.78, 5) is 0. The number of rotatable bonds is 4. The van der Waals surface area contributed by atoms with Gasteiger partial charge in [0.25, 0.3) is 0 Å². The molecular formula is C16H25NO. The molecule has 3 unspecified atom stereocenters. The average Bonchev–Trinajstić information content (AvgIpc) is 2.39. The van der Waals surface area contributed by atoms with Crippen LogP contribution in [-0.4, -0.2) is 6.10 Å². The van der Waals surface area contributed by atoms with E-state index < -0.39 is 0 Å². The van der Waals surface area contributed by atoms with Crippen LogP contribution in [-0.2, 0) is 0 Å². The van der Waals surface area contributed by atoms with Crippen LogP contribution in [0.2, 0.25) is 0 Å². The minimum Gasteiger partial charge on any atom is -0.490 e. The number of nitrogens with two attached hydrogens (primary N) is 1. The fraction of sp³-hybridized carbons (Fsp3) is 0.625. The predicted molar refractivity (Wildman–Crippen MR) is 75.7 cm³/mol. The number of benzene rings is 1. The van der Waals surface area contributed by atoms with Gasteiger partial charge in [-0.1, -0.05) is 31.9 Å². The number of hydrogen-bond donors (Lipinski definition) is 1. The van der Waals surface area contributed by atoms with Crippen LogP contribution in [0, 0.1) is 5.92 Å². The fourth-order valence-corrected chi connectivity index (χ4v) is 2.76. The highest BCUT2D eigenvalue weighted by molar-refractivity contribution is 5.28. The molecule has 0 bridgehead atoms. The van der Waals surface area contributed by atoms with Crippen LogP contribution in [0.25, 0.3) is 0 Å². The minimum absolute atomic E-state index is 0.0956. The highest BCUT2D eigenvalue weighted by Gasteiger charge is 2.21. The van der Waals surface area contributed by atoms with Crippen molar-refractivity contribution in [3.05, 3.63) is 29.8 Å². The Morgan fingerprint density at radius 2 is 2.00 bits per heavy atom. The molecule has 0 aliphatic heterocycles.